The van der Waals surface area contributed by atoms with Gasteiger partial charge >= 0.3 is 5.97 Å². The summed E-state index contributed by atoms with van der Waals surface area (Å²) in [4.78, 5) is 10.6. The number of carbonyl (C=O) groups is 1. The molecule has 5 heteroatoms. The first-order chi connectivity index (χ1) is 7.45. The van der Waals surface area contributed by atoms with Gasteiger partial charge in [0.1, 0.15) is 0 Å². The van der Waals surface area contributed by atoms with Crippen LogP contribution in [0.3, 0.4) is 0 Å². The summed E-state index contributed by atoms with van der Waals surface area (Å²) in [6.07, 6.45) is 0.932. The molecule has 1 heterocycles. The Morgan fingerprint density at radius 1 is 1.62 bits per heavy atom. The molecule has 0 fully saturated rings. The lowest BCUT2D eigenvalue weighted by Gasteiger charge is -2.10. The topological polar surface area (TPSA) is 55.1 Å². The zero-order chi connectivity index (χ0) is 12.3. The molecule has 4 nitrogen and oxygen atoms in total. The van der Waals surface area contributed by atoms with Crippen molar-refractivity contribution in [1.29, 1.82) is 0 Å². The SMILES string of the molecule is CCn1nc(C)c(Br)c1CC(C)CC(=O)O. The Morgan fingerprint density at radius 3 is 2.75 bits per heavy atom. The Bertz CT molecular complexity index is 388. The molecule has 0 bridgehead atoms. The summed E-state index contributed by atoms with van der Waals surface area (Å²) < 4.78 is 2.93. The third-order valence-electron chi connectivity index (χ3n) is 2.52. The molecule has 0 aliphatic rings. The van der Waals surface area contributed by atoms with Gasteiger partial charge in [-0.2, -0.15) is 5.10 Å². The lowest BCUT2D eigenvalue weighted by atomic mass is 10.0. The van der Waals surface area contributed by atoms with Crippen LogP contribution in [-0.2, 0) is 17.8 Å². The highest BCUT2D eigenvalue weighted by molar-refractivity contribution is 9.10. The van der Waals surface area contributed by atoms with Crippen molar-refractivity contribution in [3.05, 3.63) is 15.9 Å². The van der Waals surface area contributed by atoms with E-state index in [4.69, 9.17) is 5.11 Å². The smallest absolute Gasteiger partial charge is 0.303 e. The number of hydrogen-bond acceptors (Lipinski definition) is 2. The Balaban J connectivity index is 2.83. The first kappa shape index (κ1) is 13.2. The monoisotopic (exact) mass is 288 g/mol. The van der Waals surface area contributed by atoms with Gasteiger partial charge in [0, 0.05) is 13.0 Å². The Morgan fingerprint density at radius 2 is 2.25 bits per heavy atom. The summed E-state index contributed by atoms with van der Waals surface area (Å²) in [5.41, 5.74) is 2.05. The second-order valence-electron chi connectivity index (χ2n) is 4.07. The van der Waals surface area contributed by atoms with Crippen LogP contribution in [0.1, 0.15) is 31.7 Å². The van der Waals surface area contributed by atoms with E-state index < -0.39 is 5.97 Å². The molecule has 1 aromatic rings. The normalized spacial score (nSPS) is 12.8. The van der Waals surface area contributed by atoms with Gasteiger partial charge in [0.05, 0.1) is 15.9 Å². The molecule has 0 saturated heterocycles. The number of rotatable bonds is 5. The van der Waals surface area contributed by atoms with Crippen LogP contribution in [0.25, 0.3) is 0 Å². The molecule has 1 atom stereocenters. The van der Waals surface area contributed by atoms with Gasteiger partial charge in [-0.1, -0.05) is 6.92 Å². The fourth-order valence-corrected chi connectivity index (χ4v) is 2.21. The van der Waals surface area contributed by atoms with Crippen molar-refractivity contribution in [2.75, 3.05) is 0 Å². The van der Waals surface area contributed by atoms with Crippen molar-refractivity contribution < 1.29 is 9.90 Å². The number of carboxylic acids is 1. The van der Waals surface area contributed by atoms with E-state index in [-0.39, 0.29) is 12.3 Å². The number of aromatic nitrogens is 2. The maximum atomic E-state index is 10.6. The van der Waals surface area contributed by atoms with Crippen LogP contribution < -0.4 is 0 Å². The van der Waals surface area contributed by atoms with Crippen LogP contribution in [0.5, 0.6) is 0 Å². The Labute approximate surface area is 104 Å². The van der Waals surface area contributed by atoms with E-state index in [9.17, 15) is 4.79 Å². The molecule has 0 amide bonds. The summed E-state index contributed by atoms with van der Waals surface area (Å²) in [6, 6.07) is 0. The maximum Gasteiger partial charge on any atom is 0.303 e. The number of halogens is 1. The van der Waals surface area contributed by atoms with Crippen molar-refractivity contribution in [2.24, 2.45) is 5.92 Å². The second kappa shape index (κ2) is 5.48. The molecular formula is C11H17BrN2O2. The van der Waals surface area contributed by atoms with Crippen molar-refractivity contribution in [3.8, 4) is 0 Å². The molecule has 16 heavy (non-hydrogen) atoms. The average molecular weight is 289 g/mol. The first-order valence-corrected chi connectivity index (χ1v) is 6.18. The van der Waals surface area contributed by atoms with Crippen molar-refractivity contribution in [2.45, 2.75) is 40.2 Å². The van der Waals surface area contributed by atoms with E-state index in [1.807, 2.05) is 25.5 Å². The molecule has 0 saturated carbocycles. The highest BCUT2D eigenvalue weighted by Gasteiger charge is 2.16. The van der Waals surface area contributed by atoms with Crippen LogP contribution in [0, 0.1) is 12.8 Å². The fraction of sp³-hybridized carbons (Fsp3) is 0.636. The summed E-state index contributed by atoms with van der Waals surface area (Å²) >= 11 is 3.51. The number of aryl methyl sites for hydroxylation is 2. The summed E-state index contributed by atoms with van der Waals surface area (Å²) in [5, 5.41) is 13.1. The average Bonchev–Trinajstić information content (AvgIpc) is 2.44. The van der Waals surface area contributed by atoms with Crippen LogP contribution in [-0.4, -0.2) is 20.9 Å². The molecule has 1 rings (SSSR count). The minimum Gasteiger partial charge on any atom is -0.481 e. The largest absolute Gasteiger partial charge is 0.481 e. The van der Waals surface area contributed by atoms with Crippen molar-refractivity contribution in [1.82, 2.24) is 9.78 Å². The zero-order valence-corrected chi connectivity index (χ0v) is 11.4. The molecule has 1 unspecified atom stereocenters. The van der Waals surface area contributed by atoms with E-state index in [2.05, 4.69) is 21.0 Å². The van der Waals surface area contributed by atoms with Crippen molar-refractivity contribution >= 4 is 21.9 Å². The predicted octanol–water partition coefficient (Wildman–Crippen LogP) is 2.63. The molecule has 0 aliphatic heterocycles. The van der Waals surface area contributed by atoms with E-state index >= 15 is 0 Å². The van der Waals surface area contributed by atoms with E-state index in [1.54, 1.807) is 0 Å². The van der Waals surface area contributed by atoms with Crippen LogP contribution in [0.15, 0.2) is 4.47 Å². The summed E-state index contributed by atoms with van der Waals surface area (Å²) in [7, 11) is 0. The Kier molecular flexibility index (Phi) is 4.53. The van der Waals surface area contributed by atoms with E-state index in [1.165, 1.54) is 0 Å². The van der Waals surface area contributed by atoms with Crippen LogP contribution >= 0.6 is 15.9 Å². The number of hydrogen-bond donors (Lipinski definition) is 1. The van der Waals surface area contributed by atoms with Gasteiger partial charge < -0.3 is 5.11 Å². The molecule has 0 spiro atoms. The van der Waals surface area contributed by atoms with Gasteiger partial charge in [0.2, 0.25) is 0 Å². The highest BCUT2D eigenvalue weighted by Crippen LogP contribution is 2.24. The number of nitrogens with zero attached hydrogens (tertiary/aromatic N) is 2. The van der Waals surface area contributed by atoms with Gasteiger partial charge in [-0.3, -0.25) is 9.48 Å². The fourth-order valence-electron chi connectivity index (χ4n) is 1.76. The third-order valence-corrected chi connectivity index (χ3v) is 3.55. The standard InChI is InChI=1S/C11H17BrN2O2/c1-4-14-9(11(12)8(3)13-14)5-7(2)6-10(15)16/h7H,4-6H2,1-3H3,(H,15,16). The first-order valence-electron chi connectivity index (χ1n) is 5.39. The van der Waals surface area contributed by atoms with E-state index in [0.29, 0.717) is 0 Å². The third kappa shape index (κ3) is 3.07. The van der Waals surface area contributed by atoms with Gasteiger partial charge in [0.15, 0.2) is 0 Å². The van der Waals surface area contributed by atoms with Gasteiger partial charge in [-0.05, 0) is 42.1 Å². The second-order valence-corrected chi connectivity index (χ2v) is 4.86. The Hall–Kier alpha value is -0.840. The lowest BCUT2D eigenvalue weighted by molar-refractivity contribution is -0.137. The summed E-state index contributed by atoms with van der Waals surface area (Å²) in [5.74, 6) is -0.627. The molecule has 0 aromatic carbocycles. The predicted molar refractivity (Wildman–Crippen MR) is 65.5 cm³/mol. The molecule has 1 aromatic heterocycles. The van der Waals surface area contributed by atoms with Crippen LogP contribution in [0.2, 0.25) is 0 Å². The highest BCUT2D eigenvalue weighted by atomic mass is 79.9. The minimum absolute atomic E-state index is 0.121. The molecule has 1 N–H and O–H groups in total. The minimum atomic E-state index is -0.747. The molecule has 90 valence electrons. The summed E-state index contributed by atoms with van der Waals surface area (Å²) in [6.45, 7) is 6.73. The number of aliphatic carboxylic acids is 1. The number of carboxylic acid groups (broad SMARTS) is 1. The lowest BCUT2D eigenvalue weighted by Crippen LogP contribution is -2.11. The van der Waals surface area contributed by atoms with Crippen molar-refractivity contribution in [3.63, 3.8) is 0 Å². The van der Waals surface area contributed by atoms with E-state index in [0.717, 1.165) is 28.8 Å². The van der Waals surface area contributed by atoms with Crippen LogP contribution in [0.4, 0.5) is 0 Å². The van der Waals surface area contributed by atoms with Gasteiger partial charge in [-0.25, -0.2) is 0 Å². The van der Waals surface area contributed by atoms with Gasteiger partial charge in [0.25, 0.3) is 0 Å². The molecule has 0 aliphatic carbocycles. The van der Waals surface area contributed by atoms with Gasteiger partial charge in [-0.15, -0.1) is 0 Å². The molecule has 0 radical (unpaired) electrons. The zero-order valence-electron chi connectivity index (χ0n) is 9.83. The quantitative estimate of drug-likeness (QED) is 0.906. The maximum absolute atomic E-state index is 10.6. The molecular weight excluding hydrogens is 272 g/mol.